The number of urea groups is 1. The minimum atomic E-state index is -0.482. The molecular formula is C21H25N3O2. The topological polar surface area (TPSA) is 55.8 Å². The molecule has 0 bridgehead atoms. The van der Waals surface area contributed by atoms with Gasteiger partial charge in [0.1, 0.15) is 0 Å². The molecular weight excluding hydrogens is 326 g/mol. The number of hydrogen-bond donors (Lipinski definition) is 2. The van der Waals surface area contributed by atoms with E-state index in [2.05, 4.69) is 16.3 Å². The fourth-order valence-corrected chi connectivity index (χ4v) is 4.31. The van der Waals surface area contributed by atoms with E-state index in [9.17, 15) is 9.90 Å². The molecule has 2 heterocycles. The summed E-state index contributed by atoms with van der Waals surface area (Å²) in [5.74, 6) is 0. The Labute approximate surface area is 154 Å². The smallest absolute Gasteiger partial charge is 0.322 e. The molecule has 26 heavy (non-hydrogen) atoms. The normalized spacial score (nSPS) is 20.5. The van der Waals surface area contributed by atoms with E-state index in [0.29, 0.717) is 6.54 Å². The van der Waals surface area contributed by atoms with Crippen LogP contribution < -0.4 is 5.32 Å². The first kappa shape index (κ1) is 17.1. The molecule has 1 saturated heterocycles. The van der Waals surface area contributed by atoms with E-state index < -0.39 is 6.10 Å². The van der Waals surface area contributed by atoms with Crippen LogP contribution in [0.25, 0.3) is 0 Å². The predicted octanol–water partition coefficient (Wildman–Crippen LogP) is 3.19. The van der Waals surface area contributed by atoms with Crippen molar-refractivity contribution in [2.24, 2.45) is 0 Å². The van der Waals surface area contributed by atoms with Gasteiger partial charge in [-0.25, -0.2) is 4.79 Å². The van der Waals surface area contributed by atoms with Crippen LogP contribution in [0.4, 0.5) is 10.5 Å². The highest BCUT2D eigenvalue weighted by molar-refractivity contribution is 5.93. The quantitative estimate of drug-likeness (QED) is 0.893. The lowest BCUT2D eigenvalue weighted by atomic mass is 9.77. The lowest BCUT2D eigenvalue weighted by molar-refractivity contribution is 0.0354. The number of nitrogens with zero attached hydrogens (tertiary/aromatic N) is 2. The van der Waals surface area contributed by atoms with Crippen molar-refractivity contribution >= 4 is 11.7 Å². The number of carbonyl (C=O) groups is 1. The number of hydrogen-bond acceptors (Lipinski definition) is 3. The number of anilines is 1. The molecule has 2 aromatic carbocycles. The summed E-state index contributed by atoms with van der Waals surface area (Å²) in [5.41, 5.74) is 2.82. The van der Waals surface area contributed by atoms with Crippen LogP contribution in [0.15, 0.2) is 54.6 Å². The molecule has 5 nitrogen and oxygen atoms in total. The van der Waals surface area contributed by atoms with Crippen molar-refractivity contribution in [3.05, 3.63) is 65.7 Å². The van der Waals surface area contributed by atoms with Gasteiger partial charge in [0.2, 0.25) is 0 Å². The van der Waals surface area contributed by atoms with Gasteiger partial charge in [-0.15, -0.1) is 0 Å². The number of benzene rings is 2. The first-order chi connectivity index (χ1) is 12.6. The van der Waals surface area contributed by atoms with Gasteiger partial charge in [-0.1, -0.05) is 48.5 Å². The first-order valence-electron chi connectivity index (χ1n) is 9.20. The number of amides is 2. The number of β-amino-alcohol motifs (C(OH)–C–C–N with tert-alkyl or cyclic N) is 1. The number of piperidine rings is 1. The van der Waals surface area contributed by atoms with Crippen molar-refractivity contribution in [3.8, 4) is 0 Å². The average molecular weight is 351 g/mol. The van der Waals surface area contributed by atoms with Crippen molar-refractivity contribution in [2.75, 3.05) is 32.0 Å². The van der Waals surface area contributed by atoms with Crippen LogP contribution in [0.3, 0.4) is 0 Å². The van der Waals surface area contributed by atoms with E-state index in [-0.39, 0.29) is 11.6 Å². The van der Waals surface area contributed by atoms with Gasteiger partial charge in [0.25, 0.3) is 0 Å². The Balaban J connectivity index is 1.50. The highest BCUT2D eigenvalue weighted by Crippen LogP contribution is 2.44. The van der Waals surface area contributed by atoms with Crippen LogP contribution >= 0.6 is 0 Å². The lowest BCUT2D eigenvalue weighted by Crippen LogP contribution is -2.57. The number of aliphatic hydroxyl groups is 1. The summed E-state index contributed by atoms with van der Waals surface area (Å²) in [7, 11) is 1.89. The summed E-state index contributed by atoms with van der Waals surface area (Å²) in [6, 6.07) is 17.9. The minimum Gasteiger partial charge on any atom is -0.387 e. The number of likely N-dealkylation sites (tertiary alicyclic amines) is 1. The summed E-state index contributed by atoms with van der Waals surface area (Å²) < 4.78 is 0. The van der Waals surface area contributed by atoms with Crippen LogP contribution in [-0.2, 0) is 5.54 Å². The second-order valence-electron chi connectivity index (χ2n) is 7.29. The van der Waals surface area contributed by atoms with Gasteiger partial charge in [0.05, 0.1) is 11.6 Å². The van der Waals surface area contributed by atoms with Gasteiger partial charge in [-0.3, -0.25) is 0 Å². The van der Waals surface area contributed by atoms with E-state index in [1.807, 2.05) is 60.5 Å². The van der Waals surface area contributed by atoms with Gasteiger partial charge in [-0.05, 0) is 24.5 Å². The zero-order valence-corrected chi connectivity index (χ0v) is 15.1. The summed E-state index contributed by atoms with van der Waals surface area (Å²) in [6.07, 6.45) is 1.26. The Bertz CT molecular complexity index is 785. The molecule has 1 atom stereocenters. The number of rotatable bonds is 3. The maximum Gasteiger partial charge on any atom is 0.322 e. The molecule has 0 aliphatic carbocycles. The molecule has 0 radical (unpaired) electrons. The highest BCUT2D eigenvalue weighted by atomic mass is 16.3. The lowest BCUT2D eigenvalue weighted by Gasteiger charge is -2.50. The third-order valence-corrected chi connectivity index (χ3v) is 5.92. The summed E-state index contributed by atoms with van der Waals surface area (Å²) in [4.78, 5) is 16.6. The number of carbonyl (C=O) groups excluding carboxylic acids is 1. The molecule has 5 heteroatoms. The van der Waals surface area contributed by atoms with Crippen molar-refractivity contribution < 1.29 is 9.90 Å². The Morgan fingerprint density at radius 3 is 2.46 bits per heavy atom. The molecule has 2 aromatic rings. The first-order valence-corrected chi connectivity index (χ1v) is 9.20. The molecule has 2 N–H and O–H groups in total. The molecule has 1 spiro atoms. The van der Waals surface area contributed by atoms with Crippen LogP contribution in [0, 0.1) is 0 Å². The van der Waals surface area contributed by atoms with Gasteiger partial charge in [0, 0.05) is 37.9 Å². The molecule has 4 rings (SSSR count). The number of fused-ring (bicyclic) bond motifs is 2. The largest absolute Gasteiger partial charge is 0.387 e. The van der Waals surface area contributed by atoms with E-state index in [1.165, 1.54) is 5.56 Å². The van der Waals surface area contributed by atoms with Crippen LogP contribution in [0.5, 0.6) is 0 Å². The number of para-hydroxylation sites is 1. The standard InChI is InChI=1S/C21H25N3O2/c1-23-20(26)22-18-10-6-5-9-17(18)21(23)11-13-24(14-12-21)15-19(25)16-7-3-2-4-8-16/h2-10,19,25H,11-15H2,1H3,(H,22,26). The Morgan fingerprint density at radius 1 is 1.08 bits per heavy atom. The third-order valence-electron chi connectivity index (χ3n) is 5.92. The maximum atomic E-state index is 12.4. The molecule has 2 aliphatic rings. The second-order valence-corrected chi connectivity index (χ2v) is 7.29. The molecule has 0 aromatic heterocycles. The summed E-state index contributed by atoms with van der Waals surface area (Å²) in [5, 5.41) is 13.5. The fraction of sp³-hybridized carbons (Fsp3) is 0.381. The third kappa shape index (κ3) is 2.87. The molecule has 2 amide bonds. The monoisotopic (exact) mass is 351 g/mol. The van der Waals surface area contributed by atoms with Gasteiger partial charge in [0.15, 0.2) is 0 Å². The van der Waals surface area contributed by atoms with Crippen molar-refractivity contribution in [2.45, 2.75) is 24.5 Å². The van der Waals surface area contributed by atoms with E-state index >= 15 is 0 Å². The van der Waals surface area contributed by atoms with Crippen molar-refractivity contribution in [1.29, 1.82) is 0 Å². The van der Waals surface area contributed by atoms with E-state index in [4.69, 9.17) is 0 Å². The van der Waals surface area contributed by atoms with Crippen LogP contribution in [0.2, 0.25) is 0 Å². The van der Waals surface area contributed by atoms with E-state index in [1.54, 1.807) is 0 Å². The predicted molar refractivity (Wildman–Crippen MR) is 102 cm³/mol. The van der Waals surface area contributed by atoms with Crippen LogP contribution in [0.1, 0.15) is 30.1 Å². The fourth-order valence-electron chi connectivity index (χ4n) is 4.31. The molecule has 1 unspecified atom stereocenters. The Hall–Kier alpha value is -2.37. The van der Waals surface area contributed by atoms with Gasteiger partial charge in [-0.2, -0.15) is 0 Å². The second kappa shape index (κ2) is 6.74. The van der Waals surface area contributed by atoms with Crippen molar-refractivity contribution in [1.82, 2.24) is 9.80 Å². The number of nitrogens with one attached hydrogen (secondary N) is 1. The number of aliphatic hydroxyl groups excluding tert-OH is 1. The zero-order chi connectivity index (χ0) is 18.1. The summed E-state index contributed by atoms with van der Waals surface area (Å²) >= 11 is 0. The van der Waals surface area contributed by atoms with E-state index in [0.717, 1.165) is 37.2 Å². The Morgan fingerprint density at radius 2 is 1.73 bits per heavy atom. The van der Waals surface area contributed by atoms with Crippen molar-refractivity contribution in [3.63, 3.8) is 0 Å². The average Bonchev–Trinajstić information content (AvgIpc) is 2.68. The molecule has 136 valence electrons. The zero-order valence-electron chi connectivity index (χ0n) is 15.1. The summed E-state index contributed by atoms with van der Waals surface area (Å²) in [6.45, 7) is 2.34. The highest BCUT2D eigenvalue weighted by Gasteiger charge is 2.46. The maximum absolute atomic E-state index is 12.4. The van der Waals surface area contributed by atoms with Gasteiger partial charge < -0.3 is 20.2 Å². The van der Waals surface area contributed by atoms with Crippen LogP contribution in [-0.4, -0.2) is 47.6 Å². The SMILES string of the molecule is CN1C(=O)Nc2ccccc2C12CCN(CC(O)c1ccccc1)CC2. The molecule has 1 fully saturated rings. The molecule has 0 saturated carbocycles. The molecule has 2 aliphatic heterocycles. The minimum absolute atomic E-state index is 0.0403. The van der Waals surface area contributed by atoms with Gasteiger partial charge >= 0.3 is 6.03 Å². The Kier molecular flexibility index (Phi) is 4.42.